The molecule has 0 unspecified atom stereocenters. The molecule has 10 heteroatoms. The molecule has 1 heterocycles. The SMILES string of the molecule is COC(=O)c1cc(C(=O)Nc2ncn(Cc3ccccc3)n2)cc([N+](=O)[O-])c1. The molecule has 0 bridgehead atoms. The minimum absolute atomic E-state index is 0.0343. The second-order valence-corrected chi connectivity index (χ2v) is 5.72. The number of esters is 1. The van der Waals surface area contributed by atoms with Crippen LogP contribution in [0.15, 0.2) is 54.9 Å². The minimum Gasteiger partial charge on any atom is -0.465 e. The van der Waals surface area contributed by atoms with E-state index in [0.29, 0.717) is 6.54 Å². The molecule has 1 aromatic heterocycles. The van der Waals surface area contributed by atoms with Gasteiger partial charge in [-0.1, -0.05) is 30.3 Å². The molecular weight excluding hydrogens is 366 g/mol. The molecule has 0 radical (unpaired) electrons. The lowest BCUT2D eigenvalue weighted by molar-refractivity contribution is -0.384. The normalized spacial score (nSPS) is 10.3. The summed E-state index contributed by atoms with van der Waals surface area (Å²) in [5.41, 5.74) is 0.403. The Morgan fingerprint density at radius 3 is 2.57 bits per heavy atom. The lowest BCUT2D eigenvalue weighted by atomic mass is 10.1. The van der Waals surface area contributed by atoms with E-state index in [9.17, 15) is 19.7 Å². The number of aromatic nitrogens is 3. The average molecular weight is 381 g/mol. The molecule has 0 spiro atoms. The number of methoxy groups -OCH3 is 1. The van der Waals surface area contributed by atoms with Crippen molar-refractivity contribution in [2.45, 2.75) is 6.54 Å². The third kappa shape index (κ3) is 4.36. The highest BCUT2D eigenvalue weighted by atomic mass is 16.6. The van der Waals surface area contributed by atoms with Crippen molar-refractivity contribution in [2.75, 3.05) is 12.4 Å². The number of nitro groups is 1. The summed E-state index contributed by atoms with van der Waals surface area (Å²) in [5.74, 6) is -1.44. The molecule has 1 N–H and O–H groups in total. The number of nitrogens with one attached hydrogen (secondary N) is 1. The Bertz CT molecular complexity index is 1030. The summed E-state index contributed by atoms with van der Waals surface area (Å²) in [7, 11) is 1.14. The van der Waals surface area contributed by atoms with E-state index in [-0.39, 0.29) is 17.1 Å². The second kappa shape index (κ2) is 8.08. The number of amides is 1. The zero-order valence-corrected chi connectivity index (χ0v) is 14.7. The summed E-state index contributed by atoms with van der Waals surface area (Å²) in [5, 5.41) is 17.7. The molecule has 0 saturated carbocycles. The summed E-state index contributed by atoms with van der Waals surface area (Å²) < 4.78 is 6.10. The number of non-ortho nitro benzene ring substituents is 1. The number of nitrogens with zero attached hydrogens (tertiary/aromatic N) is 4. The predicted molar refractivity (Wildman–Crippen MR) is 98.0 cm³/mol. The average Bonchev–Trinajstić information content (AvgIpc) is 3.14. The van der Waals surface area contributed by atoms with Crippen LogP contribution in [0.25, 0.3) is 0 Å². The number of hydrogen-bond acceptors (Lipinski definition) is 7. The van der Waals surface area contributed by atoms with E-state index in [1.54, 1.807) is 0 Å². The zero-order valence-electron chi connectivity index (χ0n) is 14.7. The Balaban J connectivity index is 1.78. The van der Waals surface area contributed by atoms with Crippen LogP contribution in [-0.4, -0.2) is 38.7 Å². The molecule has 0 fully saturated rings. The summed E-state index contributed by atoms with van der Waals surface area (Å²) in [6.07, 6.45) is 1.45. The van der Waals surface area contributed by atoms with Crippen molar-refractivity contribution in [3.63, 3.8) is 0 Å². The van der Waals surface area contributed by atoms with Gasteiger partial charge in [0.2, 0.25) is 5.95 Å². The fraction of sp³-hybridized carbons (Fsp3) is 0.111. The lowest BCUT2D eigenvalue weighted by Crippen LogP contribution is -2.15. The van der Waals surface area contributed by atoms with Crippen molar-refractivity contribution in [1.82, 2.24) is 14.8 Å². The smallest absolute Gasteiger partial charge is 0.338 e. The van der Waals surface area contributed by atoms with Gasteiger partial charge in [-0.2, -0.15) is 0 Å². The zero-order chi connectivity index (χ0) is 20.1. The molecule has 0 saturated heterocycles. The molecule has 3 aromatic rings. The van der Waals surface area contributed by atoms with Crippen molar-refractivity contribution in [3.8, 4) is 0 Å². The molecule has 10 nitrogen and oxygen atoms in total. The third-order valence-electron chi connectivity index (χ3n) is 3.76. The molecule has 0 aliphatic heterocycles. The van der Waals surface area contributed by atoms with Crippen molar-refractivity contribution in [2.24, 2.45) is 0 Å². The first-order chi connectivity index (χ1) is 13.5. The van der Waals surface area contributed by atoms with E-state index in [2.05, 4.69) is 20.1 Å². The van der Waals surface area contributed by atoms with Gasteiger partial charge in [-0.25, -0.2) is 14.5 Å². The fourth-order valence-electron chi connectivity index (χ4n) is 2.46. The van der Waals surface area contributed by atoms with Gasteiger partial charge in [0.15, 0.2) is 0 Å². The van der Waals surface area contributed by atoms with Gasteiger partial charge in [0.1, 0.15) is 6.33 Å². The summed E-state index contributed by atoms with van der Waals surface area (Å²) >= 11 is 0. The number of hydrogen-bond donors (Lipinski definition) is 1. The van der Waals surface area contributed by atoms with Crippen LogP contribution in [0.3, 0.4) is 0 Å². The van der Waals surface area contributed by atoms with Crippen molar-refractivity contribution in [1.29, 1.82) is 0 Å². The van der Waals surface area contributed by atoms with Crippen LogP contribution in [0.1, 0.15) is 26.3 Å². The van der Waals surface area contributed by atoms with E-state index in [4.69, 9.17) is 0 Å². The van der Waals surface area contributed by atoms with Gasteiger partial charge in [-0.05, 0) is 11.6 Å². The van der Waals surface area contributed by atoms with Crippen LogP contribution in [0.5, 0.6) is 0 Å². The van der Waals surface area contributed by atoms with E-state index < -0.39 is 22.5 Å². The first-order valence-electron chi connectivity index (χ1n) is 8.09. The van der Waals surface area contributed by atoms with Gasteiger partial charge in [0, 0.05) is 17.7 Å². The minimum atomic E-state index is -0.789. The Morgan fingerprint density at radius 1 is 1.18 bits per heavy atom. The van der Waals surface area contributed by atoms with Gasteiger partial charge in [-0.3, -0.25) is 20.2 Å². The number of anilines is 1. The topological polar surface area (TPSA) is 129 Å². The predicted octanol–water partition coefficient (Wildman–Crippen LogP) is 2.27. The summed E-state index contributed by atoms with van der Waals surface area (Å²) in [6, 6.07) is 12.9. The molecule has 142 valence electrons. The number of ether oxygens (including phenoxy) is 1. The van der Waals surface area contributed by atoms with Crippen molar-refractivity contribution in [3.05, 3.63) is 81.7 Å². The second-order valence-electron chi connectivity index (χ2n) is 5.72. The van der Waals surface area contributed by atoms with Crippen LogP contribution in [-0.2, 0) is 11.3 Å². The van der Waals surface area contributed by atoms with Gasteiger partial charge in [0.05, 0.1) is 24.1 Å². The Kier molecular flexibility index (Phi) is 5.40. The summed E-state index contributed by atoms with van der Waals surface area (Å²) in [6.45, 7) is 0.465. The molecule has 1 amide bonds. The Hall–Kier alpha value is -4.08. The van der Waals surface area contributed by atoms with Crippen LogP contribution in [0, 0.1) is 10.1 Å². The molecule has 2 aromatic carbocycles. The standard InChI is InChI=1S/C18H15N5O5/c1-28-17(25)14-7-13(8-15(9-14)23(26)27)16(24)20-18-19-11-22(21-18)10-12-5-3-2-4-6-12/h2-9,11H,10H2,1H3,(H,20,21,24). The highest BCUT2D eigenvalue weighted by Crippen LogP contribution is 2.19. The summed E-state index contributed by atoms with van der Waals surface area (Å²) in [4.78, 5) is 38.5. The number of benzene rings is 2. The number of carbonyl (C=O) groups is 2. The van der Waals surface area contributed by atoms with Crippen LogP contribution >= 0.6 is 0 Å². The first kappa shape index (κ1) is 18.7. The molecule has 28 heavy (non-hydrogen) atoms. The van der Waals surface area contributed by atoms with Gasteiger partial charge >= 0.3 is 5.97 Å². The van der Waals surface area contributed by atoms with Crippen LogP contribution in [0.4, 0.5) is 11.6 Å². The van der Waals surface area contributed by atoms with Crippen molar-refractivity contribution >= 4 is 23.5 Å². The van der Waals surface area contributed by atoms with Gasteiger partial charge in [-0.15, -0.1) is 5.10 Å². The number of nitro benzene ring substituents is 1. The quantitative estimate of drug-likeness (QED) is 0.394. The lowest BCUT2D eigenvalue weighted by Gasteiger charge is -2.05. The third-order valence-corrected chi connectivity index (χ3v) is 3.76. The van der Waals surface area contributed by atoms with E-state index in [1.807, 2.05) is 30.3 Å². The van der Waals surface area contributed by atoms with E-state index >= 15 is 0 Å². The van der Waals surface area contributed by atoms with Gasteiger partial charge in [0.25, 0.3) is 11.6 Å². The number of rotatable bonds is 6. The maximum atomic E-state index is 12.4. The van der Waals surface area contributed by atoms with Crippen LogP contribution < -0.4 is 5.32 Å². The van der Waals surface area contributed by atoms with Crippen molar-refractivity contribution < 1.29 is 19.2 Å². The van der Waals surface area contributed by atoms with E-state index in [0.717, 1.165) is 24.8 Å². The molecular formula is C18H15N5O5. The Morgan fingerprint density at radius 2 is 1.89 bits per heavy atom. The fourth-order valence-corrected chi connectivity index (χ4v) is 2.46. The van der Waals surface area contributed by atoms with E-state index in [1.165, 1.54) is 17.1 Å². The maximum Gasteiger partial charge on any atom is 0.338 e. The first-order valence-corrected chi connectivity index (χ1v) is 8.09. The highest BCUT2D eigenvalue weighted by molar-refractivity contribution is 6.05. The number of carbonyl (C=O) groups excluding carboxylic acids is 2. The van der Waals surface area contributed by atoms with Crippen LogP contribution in [0.2, 0.25) is 0 Å². The molecule has 0 aliphatic rings. The maximum absolute atomic E-state index is 12.4. The van der Waals surface area contributed by atoms with Gasteiger partial charge < -0.3 is 4.74 Å². The molecule has 3 rings (SSSR count). The molecule has 0 aliphatic carbocycles. The largest absolute Gasteiger partial charge is 0.465 e. The monoisotopic (exact) mass is 381 g/mol. The molecule has 0 atom stereocenters. The highest BCUT2D eigenvalue weighted by Gasteiger charge is 2.19. The Labute approximate surface area is 158 Å².